The van der Waals surface area contributed by atoms with Gasteiger partial charge in [-0.3, -0.25) is 4.79 Å². The maximum atomic E-state index is 13.4. The van der Waals surface area contributed by atoms with Gasteiger partial charge in [-0.2, -0.15) is 0 Å². The molecule has 146 valence electrons. The van der Waals surface area contributed by atoms with Crippen LogP contribution in [0.1, 0.15) is 38.3 Å². The van der Waals surface area contributed by atoms with Crippen LogP contribution >= 0.6 is 24.0 Å². The van der Waals surface area contributed by atoms with Crippen LogP contribution < -0.4 is 10.6 Å². The normalized spacial score (nSPS) is 17.2. The quantitative estimate of drug-likeness (QED) is 0.390. The van der Waals surface area contributed by atoms with Gasteiger partial charge >= 0.3 is 0 Å². The summed E-state index contributed by atoms with van der Waals surface area (Å²) < 4.78 is 13.4. The first-order chi connectivity index (χ1) is 11.9. The molecule has 7 heteroatoms. The van der Waals surface area contributed by atoms with Crippen LogP contribution in [0.5, 0.6) is 0 Å². The monoisotopic (exact) mass is 476 g/mol. The number of guanidine groups is 1. The SMILES string of the molecule is CCNC(=NCc1ccc(F)c(C)c1)NC1CCN(C(=O)C(C)C)C1.I. The lowest BCUT2D eigenvalue weighted by molar-refractivity contribution is -0.133. The number of hydrogen-bond acceptors (Lipinski definition) is 2. The van der Waals surface area contributed by atoms with Gasteiger partial charge in [0.05, 0.1) is 6.54 Å². The van der Waals surface area contributed by atoms with E-state index in [9.17, 15) is 9.18 Å². The van der Waals surface area contributed by atoms with Crippen molar-refractivity contribution in [1.82, 2.24) is 15.5 Å². The summed E-state index contributed by atoms with van der Waals surface area (Å²) in [7, 11) is 0. The van der Waals surface area contributed by atoms with Crippen molar-refractivity contribution < 1.29 is 9.18 Å². The van der Waals surface area contributed by atoms with E-state index >= 15 is 0 Å². The Morgan fingerprint density at radius 3 is 2.77 bits per heavy atom. The van der Waals surface area contributed by atoms with E-state index in [1.54, 1.807) is 13.0 Å². The Balaban J connectivity index is 0.00000338. The van der Waals surface area contributed by atoms with Crippen LogP contribution in [0.4, 0.5) is 4.39 Å². The van der Waals surface area contributed by atoms with Crippen molar-refractivity contribution in [1.29, 1.82) is 0 Å². The third-order valence-electron chi connectivity index (χ3n) is 4.32. The molecule has 1 aliphatic rings. The van der Waals surface area contributed by atoms with E-state index in [-0.39, 0.29) is 47.7 Å². The predicted octanol–water partition coefficient (Wildman–Crippen LogP) is 3.06. The molecule has 1 unspecified atom stereocenters. The van der Waals surface area contributed by atoms with Gasteiger partial charge in [-0.15, -0.1) is 24.0 Å². The van der Waals surface area contributed by atoms with Gasteiger partial charge in [-0.05, 0) is 37.5 Å². The number of hydrogen-bond donors (Lipinski definition) is 2. The minimum atomic E-state index is -0.196. The number of nitrogens with zero attached hydrogens (tertiary/aromatic N) is 2. The van der Waals surface area contributed by atoms with Gasteiger partial charge < -0.3 is 15.5 Å². The van der Waals surface area contributed by atoms with E-state index in [1.165, 1.54) is 6.07 Å². The molecular weight excluding hydrogens is 446 g/mol. The molecule has 2 N–H and O–H groups in total. The molecule has 1 fully saturated rings. The Hall–Kier alpha value is -1.38. The minimum Gasteiger partial charge on any atom is -0.357 e. The molecule has 0 bridgehead atoms. The third kappa shape index (κ3) is 6.41. The van der Waals surface area contributed by atoms with Crippen molar-refractivity contribution in [2.45, 2.75) is 46.7 Å². The number of halogens is 2. The number of nitrogens with one attached hydrogen (secondary N) is 2. The van der Waals surface area contributed by atoms with Crippen molar-refractivity contribution in [2.75, 3.05) is 19.6 Å². The van der Waals surface area contributed by atoms with Gasteiger partial charge in [0.25, 0.3) is 0 Å². The summed E-state index contributed by atoms with van der Waals surface area (Å²) >= 11 is 0. The summed E-state index contributed by atoms with van der Waals surface area (Å²) in [6, 6.07) is 5.26. The van der Waals surface area contributed by atoms with Crippen LogP contribution in [0.15, 0.2) is 23.2 Å². The van der Waals surface area contributed by atoms with E-state index in [0.717, 1.165) is 31.0 Å². The van der Waals surface area contributed by atoms with Crippen LogP contribution in [-0.2, 0) is 11.3 Å². The Morgan fingerprint density at radius 2 is 2.15 bits per heavy atom. The second-order valence-electron chi connectivity index (χ2n) is 6.85. The maximum Gasteiger partial charge on any atom is 0.225 e. The fraction of sp³-hybridized carbons (Fsp3) is 0.579. The lowest BCUT2D eigenvalue weighted by Gasteiger charge is -2.20. The molecule has 1 aromatic rings. The molecular formula is C19H30FIN4O. The van der Waals surface area contributed by atoms with Gasteiger partial charge in [-0.1, -0.05) is 26.0 Å². The Kier molecular flexibility index (Phi) is 9.32. The number of aliphatic imine (C=N–C) groups is 1. The largest absolute Gasteiger partial charge is 0.357 e. The lowest BCUT2D eigenvalue weighted by Crippen LogP contribution is -2.45. The smallest absolute Gasteiger partial charge is 0.225 e. The van der Waals surface area contributed by atoms with E-state index in [0.29, 0.717) is 18.7 Å². The highest BCUT2D eigenvalue weighted by Crippen LogP contribution is 2.13. The molecule has 0 radical (unpaired) electrons. The molecule has 1 aromatic carbocycles. The summed E-state index contributed by atoms with van der Waals surface area (Å²) in [6.45, 7) is 10.4. The van der Waals surface area contributed by atoms with Crippen molar-refractivity contribution in [3.63, 3.8) is 0 Å². The highest BCUT2D eigenvalue weighted by molar-refractivity contribution is 14.0. The van der Waals surface area contributed by atoms with E-state index in [1.807, 2.05) is 31.7 Å². The highest BCUT2D eigenvalue weighted by atomic mass is 127. The molecule has 1 atom stereocenters. The number of carbonyl (C=O) groups excluding carboxylic acids is 1. The number of likely N-dealkylation sites (tertiary alicyclic amines) is 1. The van der Waals surface area contributed by atoms with Crippen LogP contribution in [0, 0.1) is 18.7 Å². The first-order valence-corrected chi connectivity index (χ1v) is 8.99. The molecule has 1 aliphatic heterocycles. The van der Waals surface area contributed by atoms with Crippen molar-refractivity contribution in [2.24, 2.45) is 10.9 Å². The second-order valence-corrected chi connectivity index (χ2v) is 6.85. The lowest BCUT2D eigenvalue weighted by atomic mass is 10.1. The first kappa shape index (κ1) is 22.7. The predicted molar refractivity (Wildman–Crippen MR) is 114 cm³/mol. The zero-order valence-corrected chi connectivity index (χ0v) is 18.3. The zero-order valence-electron chi connectivity index (χ0n) is 16.0. The fourth-order valence-corrected chi connectivity index (χ4v) is 2.93. The molecule has 1 saturated heterocycles. The number of carbonyl (C=O) groups is 1. The Morgan fingerprint density at radius 1 is 1.42 bits per heavy atom. The van der Waals surface area contributed by atoms with Crippen LogP contribution in [0.25, 0.3) is 0 Å². The number of amides is 1. The van der Waals surface area contributed by atoms with Crippen molar-refractivity contribution >= 4 is 35.8 Å². The van der Waals surface area contributed by atoms with Crippen LogP contribution in [-0.4, -0.2) is 42.4 Å². The number of aryl methyl sites for hydroxylation is 1. The molecule has 0 aromatic heterocycles. The van der Waals surface area contributed by atoms with E-state index < -0.39 is 0 Å². The minimum absolute atomic E-state index is 0. The molecule has 0 spiro atoms. The maximum absolute atomic E-state index is 13.4. The molecule has 0 saturated carbocycles. The topological polar surface area (TPSA) is 56.7 Å². The molecule has 1 amide bonds. The van der Waals surface area contributed by atoms with E-state index in [4.69, 9.17) is 0 Å². The first-order valence-electron chi connectivity index (χ1n) is 8.99. The fourth-order valence-electron chi connectivity index (χ4n) is 2.93. The Bertz CT molecular complexity index is 636. The standard InChI is InChI=1S/C19H29FN4O.HI/c1-5-21-19(22-11-15-6-7-17(20)14(4)10-15)23-16-8-9-24(12-16)18(25)13(2)3;/h6-7,10,13,16H,5,8-9,11-12H2,1-4H3,(H2,21,22,23);1H. The molecule has 0 aliphatic carbocycles. The summed E-state index contributed by atoms with van der Waals surface area (Å²) in [6.07, 6.45) is 0.915. The van der Waals surface area contributed by atoms with E-state index in [2.05, 4.69) is 15.6 Å². The molecule has 2 rings (SSSR count). The second kappa shape index (κ2) is 10.7. The number of benzene rings is 1. The average molecular weight is 476 g/mol. The molecule has 1 heterocycles. The molecule has 5 nitrogen and oxygen atoms in total. The zero-order chi connectivity index (χ0) is 18.4. The summed E-state index contributed by atoms with van der Waals surface area (Å²) in [5.41, 5.74) is 1.60. The number of rotatable bonds is 5. The van der Waals surface area contributed by atoms with Gasteiger partial charge in [0, 0.05) is 31.6 Å². The third-order valence-corrected chi connectivity index (χ3v) is 4.32. The van der Waals surface area contributed by atoms with Gasteiger partial charge in [0.15, 0.2) is 5.96 Å². The van der Waals surface area contributed by atoms with Gasteiger partial charge in [0.2, 0.25) is 5.91 Å². The summed E-state index contributed by atoms with van der Waals surface area (Å²) in [5.74, 6) is 0.766. The Labute approximate surface area is 172 Å². The van der Waals surface area contributed by atoms with Crippen LogP contribution in [0.2, 0.25) is 0 Å². The highest BCUT2D eigenvalue weighted by Gasteiger charge is 2.27. The van der Waals surface area contributed by atoms with Crippen molar-refractivity contribution in [3.05, 3.63) is 35.1 Å². The van der Waals surface area contributed by atoms with Gasteiger partial charge in [0.1, 0.15) is 5.82 Å². The summed E-state index contributed by atoms with van der Waals surface area (Å²) in [4.78, 5) is 18.6. The average Bonchev–Trinajstić information content (AvgIpc) is 3.03. The molecule has 26 heavy (non-hydrogen) atoms. The van der Waals surface area contributed by atoms with Gasteiger partial charge in [-0.25, -0.2) is 9.38 Å². The van der Waals surface area contributed by atoms with Crippen LogP contribution in [0.3, 0.4) is 0 Å². The van der Waals surface area contributed by atoms with Crippen molar-refractivity contribution in [3.8, 4) is 0 Å². The summed E-state index contributed by atoms with van der Waals surface area (Å²) in [5, 5.41) is 6.64.